The van der Waals surface area contributed by atoms with E-state index in [4.69, 9.17) is 4.74 Å². The molecule has 1 unspecified atom stereocenters. The van der Waals surface area contributed by atoms with Crippen LogP contribution in [0.4, 0.5) is 4.79 Å². The van der Waals surface area contributed by atoms with Gasteiger partial charge in [0.15, 0.2) is 6.04 Å². The van der Waals surface area contributed by atoms with Crippen molar-refractivity contribution in [3.63, 3.8) is 0 Å². The van der Waals surface area contributed by atoms with Crippen LogP contribution in [0, 0.1) is 0 Å². The normalized spacial score (nSPS) is 17.7. The van der Waals surface area contributed by atoms with Gasteiger partial charge in [0, 0.05) is 13.0 Å². The summed E-state index contributed by atoms with van der Waals surface area (Å²) in [5.41, 5.74) is 0.819. The molecule has 2 N–H and O–H groups in total. The van der Waals surface area contributed by atoms with Crippen molar-refractivity contribution in [1.29, 1.82) is 0 Å². The highest BCUT2D eigenvalue weighted by Gasteiger charge is 2.48. The van der Waals surface area contributed by atoms with E-state index in [1.54, 1.807) is 42.5 Å². The van der Waals surface area contributed by atoms with Crippen LogP contribution in [-0.2, 0) is 25.7 Å². The number of carbonyl (C=O) groups is 6. The number of carboxylic acids is 1. The molecule has 1 saturated heterocycles. The van der Waals surface area contributed by atoms with Crippen LogP contribution >= 0.6 is 0 Å². The number of aliphatic carboxylic acids is 1. The summed E-state index contributed by atoms with van der Waals surface area (Å²) in [6, 6.07) is 11.6. The van der Waals surface area contributed by atoms with Gasteiger partial charge < -0.3 is 14.9 Å². The average molecular weight is 523 g/mol. The molecule has 1 fully saturated rings. The largest absolute Gasteiger partial charge is 0.480 e. The van der Waals surface area contributed by atoms with Crippen molar-refractivity contribution in [1.82, 2.24) is 14.9 Å². The van der Waals surface area contributed by atoms with Crippen molar-refractivity contribution in [2.24, 2.45) is 0 Å². The Morgan fingerprint density at radius 3 is 2.11 bits per heavy atom. The van der Waals surface area contributed by atoms with Crippen LogP contribution in [0.3, 0.4) is 0 Å². The zero-order valence-electron chi connectivity index (χ0n) is 20.2. The molecular formula is C26H25N3O9. The van der Waals surface area contributed by atoms with Gasteiger partial charge in [-0.1, -0.05) is 42.5 Å². The number of hydrogen-bond donors (Lipinski definition) is 2. The van der Waals surface area contributed by atoms with Crippen molar-refractivity contribution in [2.45, 2.75) is 44.4 Å². The van der Waals surface area contributed by atoms with Crippen molar-refractivity contribution in [3.05, 3.63) is 71.3 Å². The molecule has 0 spiro atoms. The van der Waals surface area contributed by atoms with Crippen molar-refractivity contribution >= 4 is 35.8 Å². The summed E-state index contributed by atoms with van der Waals surface area (Å²) < 4.78 is 5.25. The molecule has 4 rings (SSSR count). The van der Waals surface area contributed by atoms with Crippen LogP contribution in [0.5, 0.6) is 0 Å². The molecule has 2 aliphatic heterocycles. The lowest BCUT2D eigenvalue weighted by atomic mass is 10.0. The Hall–Kier alpha value is -4.74. The number of ether oxygens (including phenoxy) is 1. The molecule has 0 radical (unpaired) electrons. The van der Waals surface area contributed by atoms with E-state index in [1.807, 2.05) is 0 Å². The lowest BCUT2D eigenvalue weighted by Gasteiger charge is -2.42. The highest BCUT2D eigenvalue weighted by molar-refractivity contribution is 6.23. The summed E-state index contributed by atoms with van der Waals surface area (Å²) in [4.78, 5) is 77.2. The average Bonchev–Trinajstić information content (AvgIpc) is 3.17. The number of hydrogen-bond acceptors (Lipinski definition) is 7. The molecule has 12 nitrogen and oxygen atoms in total. The zero-order chi connectivity index (χ0) is 27.4. The number of benzene rings is 2. The molecule has 4 amide bonds. The number of fused-ring (bicyclic) bond motifs is 1. The van der Waals surface area contributed by atoms with Crippen molar-refractivity contribution in [2.75, 3.05) is 6.54 Å². The summed E-state index contributed by atoms with van der Waals surface area (Å²) in [5, 5.41) is 20.5. The third-order valence-corrected chi connectivity index (χ3v) is 6.42. The minimum Gasteiger partial charge on any atom is -0.480 e. The molecule has 0 aliphatic carbocycles. The summed E-state index contributed by atoms with van der Waals surface area (Å²) >= 11 is 0. The van der Waals surface area contributed by atoms with E-state index in [1.165, 1.54) is 12.1 Å². The lowest BCUT2D eigenvalue weighted by Crippen LogP contribution is -2.64. The van der Waals surface area contributed by atoms with Gasteiger partial charge >= 0.3 is 18.0 Å². The minimum atomic E-state index is -1.64. The standard InChI is InChI=1S/C26H25N3O9/c30-21(38-15-16-7-2-1-3-8-16)13-12-19(28-22(31)17-9-4-5-10-18(17)23(28)32)24(33)29-20(25(34)35)11-6-14-27(29)26(36)37/h1-5,7-10,19-20H,6,11-15H2,(H,34,35)(H,36,37)/t19?,20-/m0/s1. The summed E-state index contributed by atoms with van der Waals surface area (Å²) in [6.07, 6.45) is -2.19. The highest BCUT2D eigenvalue weighted by atomic mass is 16.5. The second kappa shape index (κ2) is 11.1. The van der Waals surface area contributed by atoms with Gasteiger partial charge in [-0.3, -0.25) is 24.1 Å². The van der Waals surface area contributed by atoms with Gasteiger partial charge in [-0.2, -0.15) is 0 Å². The molecule has 2 aromatic carbocycles. The van der Waals surface area contributed by atoms with Crippen molar-refractivity contribution < 1.29 is 43.7 Å². The quantitative estimate of drug-likeness (QED) is 0.390. The number of rotatable bonds is 8. The fourth-order valence-corrected chi connectivity index (χ4v) is 4.59. The molecule has 0 bridgehead atoms. The highest BCUT2D eigenvalue weighted by Crippen LogP contribution is 2.29. The molecule has 12 heteroatoms. The molecule has 2 heterocycles. The van der Waals surface area contributed by atoms with Gasteiger partial charge in [-0.25, -0.2) is 19.6 Å². The molecular weight excluding hydrogens is 498 g/mol. The number of imide groups is 1. The third-order valence-electron chi connectivity index (χ3n) is 6.42. The number of carboxylic acid groups (broad SMARTS) is 2. The maximum absolute atomic E-state index is 13.8. The summed E-state index contributed by atoms with van der Waals surface area (Å²) in [6.45, 7) is -0.190. The Morgan fingerprint density at radius 2 is 1.53 bits per heavy atom. The van der Waals surface area contributed by atoms with Gasteiger partial charge in [-0.15, -0.1) is 0 Å². The topological polar surface area (TPSA) is 162 Å². The second-order valence-corrected chi connectivity index (χ2v) is 8.81. The van der Waals surface area contributed by atoms with Crippen LogP contribution in [-0.4, -0.2) is 79.5 Å². The second-order valence-electron chi connectivity index (χ2n) is 8.81. The third kappa shape index (κ3) is 5.19. The Kier molecular flexibility index (Phi) is 7.70. The Morgan fingerprint density at radius 1 is 0.921 bits per heavy atom. The minimum absolute atomic E-state index is 0.0290. The van der Waals surface area contributed by atoms with E-state index in [0.29, 0.717) is 14.9 Å². The Bertz CT molecular complexity index is 1220. The smallest absolute Gasteiger partial charge is 0.426 e. The molecule has 0 aromatic heterocycles. The number of amides is 4. The predicted octanol–water partition coefficient (Wildman–Crippen LogP) is 2.15. The fourth-order valence-electron chi connectivity index (χ4n) is 4.59. The van der Waals surface area contributed by atoms with Gasteiger partial charge in [0.25, 0.3) is 17.7 Å². The zero-order valence-corrected chi connectivity index (χ0v) is 20.2. The summed E-state index contributed by atoms with van der Waals surface area (Å²) in [7, 11) is 0. The maximum Gasteiger partial charge on any atom is 0.426 e. The van der Waals surface area contributed by atoms with E-state index in [0.717, 1.165) is 5.56 Å². The van der Waals surface area contributed by atoms with E-state index < -0.39 is 60.7 Å². The van der Waals surface area contributed by atoms with Crippen LogP contribution < -0.4 is 0 Å². The number of hydrazine groups is 1. The van der Waals surface area contributed by atoms with Gasteiger partial charge in [0.1, 0.15) is 12.6 Å². The van der Waals surface area contributed by atoms with Crippen LogP contribution in [0.25, 0.3) is 0 Å². The van der Waals surface area contributed by atoms with Crippen LogP contribution in [0.15, 0.2) is 54.6 Å². The number of esters is 1. The van der Waals surface area contributed by atoms with Gasteiger partial charge in [0.05, 0.1) is 11.1 Å². The molecule has 0 saturated carbocycles. The Balaban J connectivity index is 1.62. The fraction of sp³-hybridized carbons (Fsp3) is 0.308. The first kappa shape index (κ1) is 26.3. The monoisotopic (exact) mass is 523 g/mol. The van der Waals surface area contributed by atoms with Gasteiger partial charge in [0.2, 0.25) is 0 Å². The van der Waals surface area contributed by atoms with E-state index >= 15 is 0 Å². The SMILES string of the molecule is O=C(CCC(C(=O)N1[C@H](C(=O)O)CCCN1C(=O)O)N1C(=O)c2ccccc2C1=O)OCc1ccccc1. The van der Waals surface area contributed by atoms with E-state index in [2.05, 4.69) is 0 Å². The molecule has 2 atom stereocenters. The van der Waals surface area contributed by atoms with Crippen LogP contribution in [0.2, 0.25) is 0 Å². The van der Waals surface area contributed by atoms with Crippen LogP contribution in [0.1, 0.15) is 52.0 Å². The van der Waals surface area contributed by atoms with Crippen molar-refractivity contribution in [3.8, 4) is 0 Å². The molecule has 2 aromatic rings. The first-order valence-corrected chi connectivity index (χ1v) is 11.9. The molecule has 198 valence electrons. The molecule has 2 aliphatic rings. The first-order chi connectivity index (χ1) is 18.2. The number of carbonyl (C=O) groups excluding carboxylic acids is 4. The maximum atomic E-state index is 13.8. The lowest BCUT2D eigenvalue weighted by molar-refractivity contribution is -0.172. The first-order valence-electron chi connectivity index (χ1n) is 11.9. The van der Waals surface area contributed by atoms with Gasteiger partial charge in [-0.05, 0) is 37.0 Å². The number of nitrogens with zero attached hydrogens (tertiary/aromatic N) is 3. The summed E-state index contributed by atoms with van der Waals surface area (Å²) in [5.74, 6) is -4.84. The predicted molar refractivity (Wildman–Crippen MR) is 128 cm³/mol. The van der Waals surface area contributed by atoms with E-state index in [-0.39, 0.29) is 37.1 Å². The Labute approximate surface area is 217 Å². The molecule has 38 heavy (non-hydrogen) atoms. The van der Waals surface area contributed by atoms with E-state index in [9.17, 15) is 39.0 Å².